The van der Waals surface area contributed by atoms with E-state index >= 15 is 0 Å². The number of fused-ring (bicyclic) bond motifs is 1. The van der Waals surface area contributed by atoms with Gasteiger partial charge in [0.05, 0.1) is 5.56 Å². The molecule has 0 radical (unpaired) electrons. The van der Waals surface area contributed by atoms with E-state index in [4.69, 9.17) is 9.68 Å². The molecule has 0 saturated carbocycles. The third-order valence-electron chi connectivity index (χ3n) is 2.10. The molecule has 0 unspecified atom stereocenters. The molecule has 3 heteroatoms. The first-order valence-electron chi connectivity index (χ1n) is 4.16. The zero-order valence-electron chi connectivity index (χ0n) is 7.57. The second-order valence-electron chi connectivity index (χ2n) is 3.04. The van der Waals surface area contributed by atoms with Crippen LogP contribution in [-0.4, -0.2) is 0 Å². The summed E-state index contributed by atoms with van der Waals surface area (Å²) in [4.78, 5) is 11.1. The maximum absolute atomic E-state index is 11.1. The van der Waals surface area contributed by atoms with Crippen LogP contribution in [0.1, 0.15) is 11.1 Å². The van der Waals surface area contributed by atoms with E-state index in [-0.39, 0.29) is 0 Å². The second-order valence-corrected chi connectivity index (χ2v) is 3.04. The van der Waals surface area contributed by atoms with Crippen molar-refractivity contribution in [1.29, 1.82) is 5.26 Å². The van der Waals surface area contributed by atoms with Crippen LogP contribution in [0.2, 0.25) is 0 Å². The van der Waals surface area contributed by atoms with Gasteiger partial charge in [-0.05, 0) is 18.6 Å². The number of aryl methyl sites for hydroxylation is 1. The van der Waals surface area contributed by atoms with Gasteiger partial charge in [-0.3, -0.25) is 0 Å². The first-order chi connectivity index (χ1) is 6.72. The molecule has 1 aromatic heterocycles. The fraction of sp³-hybridized carbons (Fsp3) is 0.0909. The average molecular weight is 185 g/mol. The van der Waals surface area contributed by atoms with E-state index in [1.54, 1.807) is 12.1 Å². The lowest BCUT2D eigenvalue weighted by molar-refractivity contribution is 0.560. The van der Waals surface area contributed by atoms with Crippen LogP contribution in [-0.2, 0) is 0 Å². The molecule has 0 fully saturated rings. The summed E-state index contributed by atoms with van der Waals surface area (Å²) in [6.07, 6.45) is 0. The molecule has 0 amide bonds. The van der Waals surface area contributed by atoms with Crippen LogP contribution < -0.4 is 5.63 Å². The zero-order valence-corrected chi connectivity index (χ0v) is 7.57. The maximum atomic E-state index is 11.1. The van der Waals surface area contributed by atoms with Crippen LogP contribution in [0.5, 0.6) is 0 Å². The molecule has 1 aromatic carbocycles. The molecule has 0 aliphatic heterocycles. The molecule has 0 spiro atoms. The summed E-state index contributed by atoms with van der Waals surface area (Å²) in [7, 11) is 0. The highest BCUT2D eigenvalue weighted by Crippen LogP contribution is 2.19. The topological polar surface area (TPSA) is 54.0 Å². The lowest BCUT2D eigenvalue weighted by atomic mass is 10.1. The summed E-state index contributed by atoms with van der Waals surface area (Å²) < 4.78 is 4.98. The van der Waals surface area contributed by atoms with Crippen LogP contribution >= 0.6 is 0 Å². The largest absolute Gasteiger partial charge is 0.423 e. The highest BCUT2D eigenvalue weighted by atomic mass is 16.4. The standard InChI is InChI=1S/C11H7NO2/c1-7-3-2-4-9-11(7)8(6-12)5-10(13)14-9/h2-5H,1H3. The minimum absolute atomic E-state index is 0.370. The Labute approximate surface area is 80.2 Å². The fourth-order valence-electron chi connectivity index (χ4n) is 1.49. The predicted octanol–water partition coefficient (Wildman–Crippen LogP) is 1.97. The minimum atomic E-state index is -0.486. The van der Waals surface area contributed by atoms with E-state index in [9.17, 15) is 4.79 Å². The van der Waals surface area contributed by atoms with Crippen molar-refractivity contribution in [1.82, 2.24) is 0 Å². The van der Waals surface area contributed by atoms with Crippen molar-refractivity contribution in [2.24, 2.45) is 0 Å². The highest BCUT2D eigenvalue weighted by molar-refractivity contribution is 5.85. The molecular formula is C11H7NO2. The predicted molar refractivity (Wildman–Crippen MR) is 51.9 cm³/mol. The normalized spacial score (nSPS) is 10.0. The molecule has 0 bridgehead atoms. The maximum Gasteiger partial charge on any atom is 0.337 e. The Morgan fingerprint density at radius 3 is 2.93 bits per heavy atom. The van der Waals surface area contributed by atoms with Gasteiger partial charge in [-0.15, -0.1) is 0 Å². The third-order valence-corrected chi connectivity index (χ3v) is 2.10. The number of hydrogen-bond donors (Lipinski definition) is 0. The second kappa shape index (κ2) is 3.00. The Balaban J connectivity index is 3.05. The lowest BCUT2D eigenvalue weighted by Crippen LogP contribution is -1.99. The minimum Gasteiger partial charge on any atom is -0.423 e. The molecule has 2 aromatic rings. The first-order valence-corrected chi connectivity index (χ1v) is 4.16. The number of benzene rings is 1. The van der Waals surface area contributed by atoms with E-state index in [0.29, 0.717) is 11.1 Å². The van der Waals surface area contributed by atoms with Gasteiger partial charge in [0.25, 0.3) is 0 Å². The number of hydrogen-bond acceptors (Lipinski definition) is 3. The van der Waals surface area contributed by atoms with Crippen molar-refractivity contribution in [3.8, 4) is 6.07 Å². The molecule has 0 atom stereocenters. The van der Waals surface area contributed by atoms with Gasteiger partial charge in [-0.2, -0.15) is 5.26 Å². The SMILES string of the molecule is Cc1cccc2oc(=O)cc(C#N)c12. The van der Waals surface area contributed by atoms with Gasteiger partial charge in [0.15, 0.2) is 0 Å². The van der Waals surface area contributed by atoms with E-state index in [1.807, 2.05) is 19.1 Å². The smallest absolute Gasteiger partial charge is 0.337 e. The highest BCUT2D eigenvalue weighted by Gasteiger charge is 2.06. The zero-order chi connectivity index (χ0) is 10.1. The Kier molecular flexibility index (Phi) is 1.83. The van der Waals surface area contributed by atoms with Crippen molar-refractivity contribution < 1.29 is 4.42 Å². The molecule has 0 N–H and O–H groups in total. The molecule has 68 valence electrons. The lowest BCUT2D eigenvalue weighted by Gasteiger charge is -2.00. The molecule has 2 rings (SSSR count). The summed E-state index contributed by atoms with van der Waals surface area (Å²) in [5, 5.41) is 9.57. The van der Waals surface area contributed by atoms with Gasteiger partial charge in [0.1, 0.15) is 11.7 Å². The summed E-state index contributed by atoms with van der Waals surface area (Å²) in [5.74, 6) is 0. The van der Waals surface area contributed by atoms with Crippen LogP contribution in [0.4, 0.5) is 0 Å². The van der Waals surface area contributed by atoms with E-state index in [1.165, 1.54) is 6.07 Å². The fourth-order valence-corrected chi connectivity index (χ4v) is 1.49. The number of nitrogens with zero attached hydrogens (tertiary/aromatic N) is 1. The van der Waals surface area contributed by atoms with Gasteiger partial charge >= 0.3 is 5.63 Å². The van der Waals surface area contributed by atoms with E-state index in [0.717, 1.165) is 10.9 Å². The monoisotopic (exact) mass is 185 g/mol. The van der Waals surface area contributed by atoms with Crippen molar-refractivity contribution >= 4 is 11.0 Å². The van der Waals surface area contributed by atoms with Gasteiger partial charge in [0.2, 0.25) is 0 Å². The van der Waals surface area contributed by atoms with Crippen molar-refractivity contribution in [3.63, 3.8) is 0 Å². The summed E-state index contributed by atoms with van der Waals surface area (Å²) in [6.45, 7) is 1.88. The van der Waals surface area contributed by atoms with E-state index in [2.05, 4.69) is 0 Å². The number of nitriles is 1. The van der Waals surface area contributed by atoms with Crippen molar-refractivity contribution in [2.75, 3.05) is 0 Å². The van der Waals surface area contributed by atoms with Crippen LogP contribution in [0.15, 0.2) is 33.5 Å². The Morgan fingerprint density at radius 2 is 2.21 bits per heavy atom. The quantitative estimate of drug-likeness (QED) is 0.589. The van der Waals surface area contributed by atoms with Crippen LogP contribution in [0.25, 0.3) is 11.0 Å². The van der Waals surface area contributed by atoms with Gasteiger partial charge < -0.3 is 4.42 Å². The van der Waals surface area contributed by atoms with E-state index < -0.39 is 5.63 Å². The Morgan fingerprint density at radius 1 is 1.43 bits per heavy atom. The summed E-state index contributed by atoms with van der Waals surface area (Å²) >= 11 is 0. The molecule has 0 aliphatic carbocycles. The summed E-state index contributed by atoms with van der Waals surface area (Å²) in [6, 6.07) is 8.57. The molecule has 0 aliphatic rings. The molecule has 0 saturated heterocycles. The first kappa shape index (κ1) is 8.52. The molecule has 1 heterocycles. The molecule has 3 nitrogen and oxygen atoms in total. The molecular weight excluding hydrogens is 178 g/mol. The molecule has 14 heavy (non-hydrogen) atoms. The Hall–Kier alpha value is -2.08. The number of rotatable bonds is 0. The van der Waals surface area contributed by atoms with Gasteiger partial charge in [-0.25, -0.2) is 4.79 Å². The van der Waals surface area contributed by atoms with Crippen molar-refractivity contribution in [2.45, 2.75) is 6.92 Å². The van der Waals surface area contributed by atoms with Crippen molar-refractivity contribution in [3.05, 3.63) is 45.8 Å². The summed E-state index contributed by atoms with van der Waals surface area (Å²) in [5.41, 5.74) is 1.28. The van der Waals surface area contributed by atoms with Gasteiger partial charge in [-0.1, -0.05) is 12.1 Å². The third kappa shape index (κ3) is 1.17. The average Bonchev–Trinajstić information content (AvgIpc) is 2.16. The Bertz CT molecular complexity index is 590. The van der Waals surface area contributed by atoms with Crippen LogP contribution in [0.3, 0.4) is 0 Å². The van der Waals surface area contributed by atoms with Gasteiger partial charge in [0, 0.05) is 11.5 Å². The van der Waals surface area contributed by atoms with Crippen LogP contribution in [0, 0.1) is 18.3 Å².